The first-order chi connectivity index (χ1) is 22.0. The summed E-state index contributed by atoms with van der Waals surface area (Å²) in [6.45, 7) is 6.82. The fourth-order valence-electron chi connectivity index (χ4n) is 6.51. The number of oxazole rings is 2. The lowest BCUT2D eigenvalue weighted by molar-refractivity contribution is -0.135. The van der Waals surface area contributed by atoms with E-state index >= 15 is 4.39 Å². The van der Waals surface area contributed by atoms with Crippen LogP contribution in [-0.4, -0.2) is 50.4 Å². The van der Waals surface area contributed by atoms with Gasteiger partial charge in [-0.15, -0.1) is 0 Å². The third kappa shape index (κ3) is 4.56. The zero-order chi connectivity index (χ0) is 32.5. The molecular weight excluding hydrogens is 597 g/mol. The number of benzene rings is 2. The molecule has 0 radical (unpaired) electrons. The van der Waals surface area contributed by atoms with E-state index in [0.29, 0.717) is 28.1 Å². The van der Waals surface area contributed by atoms with E-state index in [1.165, 1.54) is 18.4 Å². The van der Waals surface area contributed by atoms with Gasteiger partial charge in [0.25, 0.3) is 0 Å². The average molecular weight is 632 g/mol. The van der Waals surface area contributed by atoms with Crippen molar-refractivity contribution in [1.29, 1.82) is 0 Å². The van der Waals surface area contributed by atoms with E-state index in [4.69, 9.17) is 18.6 Å². The summed E-state index contributed by atoms with van der Waals surface area (Å²) < 4.78 is 34.0. The molecule has 4 bridgehead atoms. The molecule has 2 amide bonds. The largest absolute Gasteiger partial charge is 0.469 e. The number of aliphatic hydroxyl groups excluding tert-OH is 2. The lowest BCUT2D eigenvalue weighted by Gasteiger charge is -2.29. The third-order valence-electron chi connectivity index (χ3n) is 8.92. The van der Waals surface area contributed by atoms with E-state index < -0.39 is 47.5 Å². The van der Waals surface area contributed by atoms with Gasteiger partial charge in [0.2, 0.25) is 23.6 Å². The molecule has 0 saturated heterocycles. The topological polar surface area (TPSA) is 172 Å². The maximum atomic E-state index is 15.1. The predicted molar refractivity (Wildman–Crippen MR) is 161 cm³/mol. The number of hydrogen-bond acceptors (Lipinski definition) is 10. The number of fused-ring (bicyclic) bond motifs is 4. The molecule has 4 aromatic rings. The van der Waals surface area contributed by atoms with Crippen LogP contribution in [-0.2, 0) is 28.0 Å². The number of aliphatic hydroxyl groups is 2. The van der Waals surface area contributed by atoms with Crippen LogP contribution in [0, 0.1) is 17.7 Å². The molecule has 0 aliphatic carbocycles. The monoisotopic (exact) mass is 631 g/mol. The molecule has 240 valence electrons. The second kappa shape index (κ2) is 11.0. The van der Waals surface area contributed by atoms with Crippen LogP contribution in [0.2, 0.25) is 0 Å². The van der Waals surface area contributed by atoms with E-state index in [0.717, 1.165) is 0 Å². The van der Waals surface area contributed by atoms with Crippen molar-refractivity contribution in [2.45, 2.75) is 70.6 Å². The van der Waals surface area contributed by atoms with Gasteiger partial charge in [0, 0.05) is 23.2 Å². The van der Waals surface area contributed by atoms with Crippen LogP contribution in [0.1, 0.15) is 67.8 Å². The second-order valence-electron chi connectivity index (χ2n) is 12.7. The quantitative estimate of drug-likeness (QED) is 0.213. The molecule has 7 rings (SSSR count). The number of hydrogen-bond donors (Lipinski definition) is 5. The molecule has 5 atom stereocenters. The molecule has 5 heterocycles. The Kier molecular flexibility index (Phi) is 7.13. The summed E-state index contributed by atoms with van der Waals surface area (Å²) >= 11 is 0. The molecule has 2 aromatic heterocycles. The number of halogens is 1. The highest BCUT2D eigenvalue weighted by molar-refractivity contribution is 5.90. The van der Waals surface area contributed by atoms with E-state index in [9.17, 15) is 19.8 Å². The summed E-state index contributed by atoms with van der Waals surface area (Å²) in [6.07, 6.45) is -0.698. The number of carbonyl (C=O) groups excluding carboxylic acids is 2. The van der Waals surface area contributed by atoms with Crippen LogP contribution in [0.25, 0.3) is 11.6 Å². The van der Waals surface area contributed by atoms with Gasteiger partial charge in [-0.25, -0.2) is 14.4 Å². The van der Waals surface area contributed by atoms with Gasteiger partial charge in [-0.05, 0) is 41.7 Å². The highest BCUT2D eigenvalue weighted by Gasteiger charge is 2.61. The number of nitrogens with zero attached hydrogens (tertiary/aromatic N) is 2. The molecular formula is C33H34FN5O7. The van der Waals surface area contributed by atoms with Crippen LogP contribution in [0.5, 0.6) is 5.75 Å². The predicted octanol–water partition coefficient (Wildman–Crippen LogP) is 3.31. The second-order valence-corrected chi connectivity index (χ2v) is 12.7. The molecule has 3 aliphatic heterocycles. The van der Waals surface area contributed by atoms with Crippen LogP contribution < -0.4 is 20.7 Å². The molecule has 0 fully saturated rings. The molecule has 12 nitrogen and oxygen atoms in total. The standard InChI is InChI=1S/C33H34FN5O7/c1-14(2)24-31-39-25(30-35-18(12-40)13-44-30)27(46-31)33-19-11-17(34)6-7-21(19)37-32(33)45-23-8-5-16(9-20(23)33)10-22(28(42)38-24)36-29(43)26(41)15(3)4/h5-9,11,13-15,22,24,26,32,37,40-41H,10,12H2,1-4H3,(H,36,43)(H,38,42)/t22-,24-,26-,32+,33-/m0/s1. The number of aromatic nitrogens is 2. The van der Waals surface area contributed by atoms with Crippen molar-refractivity contribution in [3.63, 3.8) is 0 Å². The lowest BCUT2D eigenvalue weighted by Crippen LogP contribution is -2.52. The normalized spacial score (nSPS) is 23.5. The maximum Gasteiger partial charge on any atom is 0.249 e. The van der Waals surface area contributed by atoms with E-state index in [2.05, 4.69) is 20.9 Å². The highest BCUT2D eigenvalue weighted by Crippen LogP contribution is 2.59. The number of anilines is 1. The Bertz CT molecular complexity index is 1850. The SMILES string of the molecule is CC(C)[C@H](O)C(=O)N[C@H]1Cc2ccc3c(c2)[C@@]2(c4cc(F)ccc4N[C@@H]2O3)c2oc(nc2-c2nc(CO)co2)[C@H](C(C)C)NC1=O. The fourth-order valence-corrected chi connectivity index (χ4v) is 6.51. The molecule has 5 N–H and O–H groups in total. The minimum absolute atomic E-state index is 0.0631. The highest BCUT2D eigenvalue weighted by atomic mass is 19.1. The van der Waals surface area contributed by atoms with Crippen molar-refractivity contribution in [3.8, 4) is 17.3 Å². The molecule has 2 aromatic carbocycles. The van der Waals surface area contributed by atoms with Crippen LogP contribution in [0.15, 0.2) is 51.5 Å². The van der Waals surface area contributed by atoms with Gasteiger partial charge in [-0.1, -0.05) is 39.8 Å². The third-order valence-corrected chi connectivity index (χ3v) is 8.92. The van der Waals surface area contributed by atoms with Crippen molar-refractivity contribution in [2.75, 3.05) is 5.32 Å². The first kappa shape index (κ1) is 29.9. The Hall–Kier alpha value is -4.75. The van der Waals surface area contributed by atoms with Crippen molar-refractivity contribution < 1.29 is 37.8 Å². The molecule has 0 saturated carbocycles. The van der Waals surface area contributed by atoms with E-state index in [1.54, 1.807) is 32.0 Å². The molecule has 13 heteroatoms. The van der Waals surface area contributed by atoms with Crippen LogP contribution in [0.4, 0.5) is 10.1 Å². The van der Waals surface area contributed by atoms with Crippen LogP contribution >= 0.6 is 0 Å². The fraction of sp³-hybridized carbons (Fsp3) is 0.394. The number of rotatable bonds is 6. The molecule has 0 unspecified atom stereocenters. The Balaban J connectivity index is 1.49. The number of amides is 2. The minimum atomic E-state index is -1.31. The lowest BCUT2D eigenvalue weighted by atomic mass is 9.72. The molecule has 3 aliphatic rings. The smallest absolute Gasteiger partial charge is 0.249 e. The van der Waals surface area contributed by atoms with Crippen LogP contribution in [0.3, 0.4) is 0 Å². The van der Waals surface area contributed by atoms with Gasteiger partial charge in [0.15, 0.2) is 17.7 Å². The summed E-state index contributed by atoms with van der Waals surface area (Å²) in [4.78, 5) is 36.2. The van der Waals surface area contributed by atoms with Gasteiger partial charge in [-0.2, -0.15) is 0 Å². The first-order valence-corrected chi connectivity index (χ1v) is 15.2. The van der Waals surface area contributed by atoms with Crippen molar-refractivity contribution >= 4 is 17.5 Å². The Morgan fingerprint density at radius 2 is 1.93 bits per heavy atom. The summed E-state index contributed by atoms with van der Waals surface area (Å²) in [7, 11) is 0. The van der Waals surface area contributed by atoms with Crippen molar-refractivity contribution in [1.82, 2.24) is 20.6 Å². The Morgan fingerprint density at radius 3 is 2.65 bits per heavy atom. The number of carbonyl (C=O) groups is 2. The van der Waals surface area contributed by atoms with E-state index in [-0.39, 0.29) is 53.8 Å². The van der Waals surface area contributed by atoms with Gasteiger partial charge < -0.3 is 39.7 Å². The van der Waals surface area contributed by atoms with E-state index in [1.807, 2.05) is 19.9 Å². The summed E-state index contributed by atoms with van der Waals surface area (Å²) in [5.41, 5.74) is 1.66. The van der Waals surface area contributed by atoms with Gasteiger partial charge in [0.05, 0.1) is 6.61 Å². The maximum absolute atomic E-state index is 15.1. The average Bonchev–Trinajstić information content (AvgIpc) is 3.79. The first-order valence-electron chi connectivity index (χ1n) is 15.2. The van der Waals surface area contributed by atoms with Crippen molar-refractivity contribution in [3.05, 3.63) is 82.5 Å². The number of nitrogens with one attached hydrogen (secondary N) is 3. The zero-order valence-corrected chi connectivity index (χ0v) is 25.6. The molecule has 1 spiro atoms. The summed E-state index contributed by atoms with van der Waals surface area (Å²) in [5.74, 6) is -1.29. The minimum Gasteiger partial charge on any atom is -0.469 e. The Labute approximate surface area is 263 Å². The van der Waals surface area contributed by atoms with Gasteiger partial charge in [-0.3, -0.25) is 9.59 Å². The van der Waals surface area contributed by atoms with Gasteiger partial charge >= 0.3 is 0 Å². The zero-order valence-electron chi connectivity index (χ0n) is 25.6. The summed E-state index contributed by atoms with van der Waals surface area (Å²) in [5, 5.41) is 29.3. The number of ether oxygens (including phenoxy) is 1. The molecule has 46 heavy (non-hydrogen) atoms. The Morgan fingerprint density at radius 1 is 1.13 bits per heavy atom. The summed E-state index contributed by atoms with van der Waals surface area (Å²) in [6, 6.07) is 7.99. The van der Waals surface area contributed by atoms with Crippen molar-refractivity contribution in [2.24, 2.45) is 11.8 Å². The van der Waals surface area contributed by atoms with Gasteiger partial charge in [0.1, 0.15) is 47.1 Å².